The van der Waals surface area contributed by atoms with Gasteiger partial charge in [0.25, 0.3) is 0 Å². The van der Waals surface area contributed by atoms with Crippen molar-refractivity contribution in [2.24, 2.45) is 5.92 Å². The average molecular weight is 835 g/mol. The first kappa shape index (κ1) is 51.1. The summed E-state index contributed by atoms with van der Waals surface area (Å²) in [5, 5.41) is 36.4. The number of hydrogen-bond acceptors (Lipinski definition) is 12. The normalized spacial score (nSPS) is 26.3. The van der Waals surface area contributed by atoms with Crippen molar-refractivity contribution in [2.75, 3.05) is 157 Å². The minimum Gasteiger partial charge on any atom is -0.480 e. The topological polar surface area (TPSA) is 175 Å². The van der Waals surface area contributed by atoms with E-state index in [1.807, 2.05) is 19.6 Å². The van der Waals surface area contributed by atoms with Gasteiger partial charge in [0.2, 0.25) is 0 Å². The van der Waals surface area contributed by atoms with E-state index in [2.05, 4.69) is 40.4 Å². The summed E-state index contributed by atoms with van der Waals surface area (Å²) in [6, 6.07) is 0. The summed E-state index contributed by atoms with van der Waals surface area (Å²) in [6.45, 7) is 24.7. The van der Waals surface area contributed by atoms with Crippen molar-refractivity contribution >= 4 is 23.9 Å². The zero-order chi connectivity index (χ0) is 39.7. The van der Waals surface area contributed by atoms with Crippen LogP contribution in [-0.2, 0) is 36.2 Å². The van der Waals surface area contributed by atoms with Gasteiger partial charge in [0.1, 0.15) is 0 Å². The molecule has 0 aromatic rings. The van der Waals surface area contributed by atoms with E-state index in [1.54, 1.807) is 0 Å². The van der Waals surface area contributed by atoms with Crippen molar-refractivity contribution in [3.8, 4) is 0 Å². The molecular weight excluding hydrogens is 760 g/mol. The van der Waals surface area contributed by atoms with Gasteiger partial charge in [-0.1, -0.05) is 20.8 Å². The number of carbonyl (C=O) groups is 4. The number of carboxylic acid groups (broad SMARTS) is 4. The van der Waals surface area contributed by atoms with Crippen LogP contribution in [0.1, 0.15) is 59.3 Å². The smallest absolute Gasteiger partial charge is 0.317 e. The molecule has 0 aromatic carbocycles. The van der Waals surface area contributed by atoms with E-state index in [-0.39, 0.29) is 43.2 Å². The third-order valence-electron chi connectivity index (χ3n) is 10.1. The van der Waals surface area contributed by atoms with E-state index in [0.29, 0.717) is 0 Å². The average Bonchev–Trinajstić information content (AvgIpc) is 3.19. The second kappa shape index (κ2) is 30.2. The third-order valence-corrected chi connectivity index (χ3v) is 10.1. The van der Waals surface area contributed by atoms with Crippen molar-refractivity contribution in [1.82, 2.24) is 39.2 Å². The Kier molecular flexibility index (Phi) is 28.1. The van der Waals surface area contributed by atoms with Gasteiger partial charge in [-0.25, -0.2) is 0 Å². The molecular formula is C38H74CuN8O8. The summed E-state index contributed by atoms with van der Waals surface area (Å²) in [6.07, 6.45) is 6.02. The van der Waals surface area contributed by atoms with Gasteiger partial charge >= 0.3 is 23.9 Å². The Bertz CT molecular complexity index is 923. The van der Waals surface area contributed by atoms with Crippen molar-refractivity contribution in [3.63, 3.8) is 0 Å². The van der Waals surface area contributed by atoms with Crippen LogP contribution in [0.3, 0.4) is 0 Å². The maximum absolute atomic E-state index is 11.1. The first-order valence-corrected chi connectivity index (χ1v) is 20.4. The Morgan fingerprint density at radius 3 is 0.673 bits per heavy atom. The molecule has 4 fully saturated rings. The van der Waals surface area contributed by atoms with Crippen LogP contribution in [0.2, 0.25) is 0 Å². The molecule has 4 atom stereocenters. The molecule has 325 valence electrons. The van der Waals surface area contributed by atoms with E-state index in [9.17, 15) is 19.2 Å². The van der Waals surface area contributed by atoms with E-state index in [4.69, 9.17) is 20.4 Å². The van der Waals surface area contributed by atoms with Gasteiger partial charge in [-0.15, -0.1) is 0 Å². The van der Waals surface area contributed by atoms with Crippen LogP contribution in [0.4, 0.5) is 0 Å². The van der Waals surface area contributed by atoms with E-state index >= 15 is 0 Å². The Balaban J connectivity index is 0.000000493. The van der Waals surface area contributed by atoms with Crippen LogP contribution in [0, 0.1) is 5.92 Å². The van der Waals surface area contributed by atoms with Crippen molar-refractivity contribution in [1.29, 1.82) is 0 Å². The quantitative estimate of drug-likeness (QED) is 0.253. The van der Waals surface area contributed by atoms with Gasteiger partial charge in [0.05, 0.1) is 26.2 Å². The van der Waals surface area contributed by atoms with Crippen molar-refractivity contribution in [3.05, 3.63) is 0 Å². The van der Waals surface area contributed by atoms with Crippen LogP contribution in [0.15, 0.2) is 0 Å². The minimum atomic E-state index is -0.760. The monoisotopic (exact) mass is 834 g/mol. The van der Waals surface area contributed by atoms with Crippen LogP contribution in [0.25, 0.3) is 0 Å². The fourth-order valence-corrected chi connectivity index (χ4v) is 7.43. The van der Waals surface area contributed by atoms with Gasteiger partial charge in [0.15, 0.2) is 0 Å². The number of hydrogen-bond donors (Lipinski definition) is 4. The second-order valence-electron chi connectivity index (χ2n) is 15.9. The van der Waals surface area contributed by atoms with Gasteiger partial charge < -0.3 is 40.0 Å². The van der Waals surface area contributed by atoms with Crippen LogP contribution in [0.5, 0.6) is 0 Å². The Morgan fingerprint density at radius 2 is 0.509 bits per heavy atom. The van der Waals surface area contributed by atoms with Crippen LogP contribution >= 0.6 is 0 Å². The van der Waals surface area contributed by atoms with Crippen LogP contribution < -0.4 is 0 Å². The van der Waals surface area contributed by atoms with Gasteiger partial charge in [0, 0.05) is 95.6 Å². The largest absolute Gasteiger partial charge is 0.480 e. The Morgan fingerprint density at radius 1 is 0.345 bits per heavy atom. The first-order valence-electron chi connectivity index (χ1n) is 20.4. The Hall–Kier alpha value is -1.92. The maximum Gasteiger partial charge on any atom is 0.317 e. The molecule has 4 aliphatic heterocycles. The first-order chi connectivity index (χ1) is 25.8. The molecule has 16 nitrogen and oxygen atoms in total. The predicted molar refractivity (Wildman–Crippen MR) is 210 cm³/mol. The molecule has 0 amide bonds. The molecule has 4 unspecified atom stereocenters. The number of carboxylic acids is 4. The number of nitrogens with zero attached hydrogens (tertiary/aromatic N) is 8. The molecule has 4 bridgehead atoms. The molecule has 4 heterocycles. The zero-order valence-corrected chi connectivity index (χ0v) is 35.0. The summed E-state index contributed by atoms with van der Waals surface area (Å²) in [5.41, 5.74) is 0. The Labute approximate surface area is 341 Å². The van der Waals surface area contributed by atoms with Gasteiger partial charge in [-0.3, -0.25) is 38.8 Å². The predicted octanol–water partition coefficient (Wildman–Crippen LogP) is 0.782. The van der Waals surface area contributed by atoms with Crippen LogP contribution in [-0.4, -0.2) is 241 Å². The second-order valence-corrected chi connectivity index (χ2v) is 15.9. The summed E-state index contributed by atoms with van der Waals surface area (Å²) >= 11 is 0. The van der Waals surface area contributed by atoms with E-state index < -0.39 is 23.9 Å². The molecule has 0 saturated carbocycles. The number of fused-ring (bicyclic) bond motifs is 8. The molecule has 0 spiro atoms. The minimum absolute atomic E-state index is 0. The molecule has 4 saturated heterocycles. The fourth-order valence-electron chi connectivity index (χ4n) is 7.43. The standard InChI is InChI=1S/2C17H32N4O4.C4H10.Cu/c2*22-16(23)14-20-8-2-6-18-4-1-5-19(11-12-20)7-3-9-21(13-10-18)15-17(24)25;1-4(2)3;/h2*1-15H2,(H,22,23)(H,24,25);4H,1-3H3;/i;;;1+0. The molecule has 0 aromatic heterocycles. The molecule has 4 rings (SSSR count). The van der Waals surface area contributed by atoms with Crippen molar-refractivity contribution < 1.29 is 56.7 Å². The summed E-state index contributed by atoms with van der Waals surface area (Å²) in [4.78, 5) is 62.1. The maximum atomic E-state index is 11.1. The molecule has 4 N–H and O–H groups in total. The fraction of sp³-hybridized carbons (Fsp3) is 0.895. The molecule has 1 radical (unpaired) electrons. The van der Waals surface area contributed by atoms with Crippen molar-refractivity contribution in [2.45, 2.75) is 59.3 Å². The SMILES string of the molecule is CC(C)C.O=C(O)CN1CCCN2CCCN(CCCN(CC(=O)O)CC2)CC1.O=C(O)CN1CCCN2CCCN(CCCN(CC(=O)O)CC2)CC1.[64Cu]. The molecule has 55 heavy (non-hydrogen) atoms. The van der Waals surface area contributed by atoms with Gasteiger partial charge in [-0.2, -0.15) is 0 Å². The zero-order valence-electron chi connectivity index (χ0n) is 34.1. The molecule has 4 aliphatic rings. The van der Waals surface area contributed by atoms with E-state index in [0.717, 1.165) is 175 Å². The summed E-state index contributed by atoms with van der Waals surface area (Å²) < 4.78 is 0. The summed E-state index contributed by atoms with van der Waals surface area (Å²) in [7, 11) is 0. The number of rotatable bonds is 8. The van der Waals surface area contributed by atoms with E-state index in [1.165, 1.54) is 0 Å². The third kappa shape index (κ3) is 26.6. The van der Waals surface area contributed by atoms with Gasteiger partial charge in [-0.05, 0) is 96.8 Å². The molecule has 17 heteroatoms. The summed E-state index contributed by atoms with van der Waals surface area (Å²) in [5.74, 6) is -2.21. The number of aliphatic carboxylic acids is 4. The molecule has 0 aliphatic carbocycles.